The molecule has 7 nitrogen and oxygen atoms in total. The van der Waals surface area contributed by atoms with Crippen LogP contribution >= 0.6 is 0 Å². The van der Waals surface area contributed by atoms with Gasteiger partial charge in [-0.25, -0.2) is 0 Å². The van der Waals surface area contributed by atoms with Crippen LogP contribution in [-0.2, 0) is 24.2 Å². The third-order valence-electron chi connectivity index (χ3n) is 6.64. The Hall–Kier alpha value is -2.64. The number of benzene rings is 1. The normalized spacial score (nSPS) is 21.2. The van der Waals surface area contributed by atoms with Crippen molar-refractivity contribution in [2.75, 3.05) is 48.7 Å². The summed E-state index contributed by atoms with van der Waals surface area (Å²) in [5, 5.41) is 3.34. The molecule has 1 aromatic carbocycles. The first-order valence-electron chi connectivity index (χ1n) is 11.9. The zero-order valence-corrected chi connectivity index (χ0v) is 18.9. The molecule has 170 valence electrons. The van der Waals surface area contributed by atoms with Crippen LogP contribution in [0.1, 0.15) is 42.4 Å². The molecule has 7 heteroatoms. The average Bonchev–Trinajstić information content (AvgIpc) is 3.48. The molecule has 5 rings (SSSR count). The fourth-order valence-electron chi connectivity index (χ4n) is 5.04. The summed E-state index contributed by atoms with van der Waals surface area (Å²) in [5.41, 5.74) is 11.1. The van der Waals surface area contributed by atoms with Crippen molar-refractivity contribution in [1.82, 2.24) is 14.9 Å². The molecule has 2 saturated heterocycles. The van der Waals surface area contributed by atoms with Gasteiger partial charge in [0.05, 0.1) is 6.10 Å². The SMILES string of the molecule is C=C1Cc2c(N)nc(NCC3CCCO3)nc2N(Cc2cccc(CN3CCCC3)c2)C1. The molecule has 4 heterocycles. The van der Waals surface area contributed by atoms with E-state index in [-0.39, 0.29) is 6.10 Å². The number of ether oxygens (including phenoxy) is 1. The summed E-state index contributed by atoms with van der Waals surface area (Å²) < 4.78 is 5.72. The van der Waals surface area contributed by atoms with Crippen molar-refractivity contribution in [3.05, 3.63) is 53.1 Å². The van der Waals surface area contributed by atoms with Gasteiger partial charge in [-0.15, -0.1) is 0 Å². The first kappa shape index (κ1) is 21.2. The first-order chi connectivity index (χ1) is 15.6. The number of rotatable bonds is 7. The van der Waals surface area contributed by atoms with Gasteiger partial charge in [-0.05, 0) is 49.9 Å². The van der Waals surface area contributed by atoms with Crippen molar-refractivity contribution >= 4 is 17.6 Å². The van der Waals surface area contributed by atoms with E-state index in [1.54, 1.807) is 0 Å². The number of hydrogen-bond acceptors (Lipinski definition) is 7. The number of nitrogens with one attached hydrogen (secondary N) is 1. The molecule has 0 radical (unpaired) electrons. The van der Waals surface area contributed by atoms with Crippen molar-refractivity contribution in [3.63, 3.8) is 0 Å². The van der Waals surface area contributed by atoms with Gasteiger partial charge in [-0.2, -0.15) is 9.97 Å². The molecular formula is C25H34N6O. The lowest BCUT2D eigenvalue weighted by Crippen LogP contribution is -2.32. The van der Waals surface area contributed by atoms with Gasteiger partial charge in [0.1, 0.15) is 11.6 Å². The summed E-state index contributed by atoms with van der Waals surface area (Å²) >= 11 is 0. The zero-order valence-electron chi connectivity index (χ0n) is 18.9. The molecule has 0 saturated carbocycles. The molecule has 32 heavy (non-hydrogen) atoms. The summed E-state index contributed by atoms with van der Waals surface area (Å²) in [6, 6.07) is 8.93. The minimum atomic E-state index is 0.227. The van der Waals surface area contributed by atoms with Gasteiger partial charge in [0.15, 0.2) is 0 Å². The van der Waals surface area contributed by atoms with Crippen LogP contribution < -0.4 is 16.0 Å². The molecule has 1 unspecified atom stereocenters. The Labute approximate surface area is 190 Å². The van der Waals surface area contributed by atoms with Gasteiger partial charge in [-0.3, -0.25) is 4.90 Å². The van der Waals surface area contributed by atoms with Crippen molar-refractivity contribution in [3.8, 4) is 0 Å². The zero-order chi connectivity index (χ0) is 21.9. The minimum absolute atomic E-state index is 0.227. The number of nitrogen functional groups attached to an aromatic ring is 1. The number of nitrogens with two attached hydrogens (primary N) is 1. The molecule has 1 atom stereocenters. The molecule has 0 amide bonds. The number of likely N-dealkylation sites (tertiary alicyclic amines) is 1. The minimum Gasteiger partial charge on any atom is -0.383 e. The number of nitrogens with zero attached hydrogens (tertiary/aromatic N) is 4. The van der Waals surface area contributed by atoms with Gasteiger partial charge in [0.25, 0.3) is 0 Å². The summed E-state index contributed by atoms with van der Waals surface area (Å²) in [7, 11) is 0. The standard InChI is InChI=1S/C25H34N6O/c1-18-12-22-23(26)28-25(27-14-21-8-5-11-32-21)29-24(22)31(15-18)17-20-7-4-6-19(13-20)16-30-9-2-3-10-30/h4,6-7,13,21H,1-3,5,8-12,14-17H2,(H3,26,27,28,29). The molecule has 2 aromatic rings. The Morgan fingerprint density at radius 3 is 2.72 bits per heavy atom. The van der Waals surface area contributed by atoms with Crippen LogP contribution in [0.5, 0.6) is 0 Å². The molecular weight excluding hydrogens is 400 g/mol. The molecule has 2 fully saturated rings. The van der Waals surface area contributed by atoms with Crippen LogP contribution in [0, 0.1) is 0 Å². The van der Waals surface area contributed by atoms with E-state index < -0.39 is 0 Å². The second-order valence-corrected chi connectivity index (χ2v) is 9.34. The van der Waals surface area contributed by atoms with E-state index in [0.717, 1.165) is 62.5 Å². The molecule has 3 N–H and O–H groups in total. The predicted molar refractivity (Wildman–Crippen MR) is 129 cm³/mol. The van der Waals surface area contributed by atoms with Gasteiger partial charge in [0, 0.05) is 44.8 Å². The Bertz CT molecular complexity index is 965. The van der Waals surface area contributed by atoms with Crippen LogP contribution in [0.4, 0.5) is 17.6 Å². The lowest BCUT2D eigenvalue weighted by Gasteiger charge is -2.32. The summed E-state index contributed by atoms with van der Waals surface area (Å²) in [4.78, 5) is 14.2. The number of hydrogen-bond donors (Lipinski definition) is 2. The highest BCUT2D eigenvalue weighted by atomic mass is 16.5. The highest BCUT2D eigenvalue weighted by Gasteiger charge is 2.25. The van der Waals surface area contributed by atoms with E-state index in [1.807, 2.05) is 0 Å². The number of fused-ring (bicyclic) bond motifs is 1. The van der Waals surface area contributed by atoms with E-state index in [2.05, 4.69) is 50.9 Å². The smallest absolute Gasteiger partial charge is 0.226 e. The van der Waals surface area contributed by atoms with Gasteiger partial charge in [0.2, 0.25) is 5.95 Å². The van der Waals surface area contributed by atoms with Crippen molar-refractivity contribution in [2.45, 2.75) is 51.3 Å². The molecule has 3 aliphatic heterocycles. The fraction of sp³-hybridized carbons (Fsp3) is 0.520. The predicted octanol–water partition coefficient (Wildman–Crippen LogP) is 3.36. The van der Waals surface area contributed by atoms with E-state index >= 15 is 0 Å². The summed E-state index contributed by atoms with van der Waals surface area (Å²) in [6.07, 6.45) is 5.79. The van der Waals surface area contributed by atoms with Crippen LogP contribution in [-0.4, -0.2) is 53.8 Å². The maximum absolute atomic E-state index is 6.36. The molecule has 3 aliphatic rings. The first-order valence-corrected chi connectivity index (χ1v) is 11.9. The van der Waals surface area contributed by atoms with Gasteiger partial charge in [-0.1, -0.05) is 36.4 Å². The molecule has 0 spiro atoms. The van der Waals surface area contributed by atoms with E-state index in [1.165, 1.54) is 37.1 Å². The number of anilines is 3. The van der Waals surface area contributed by atoms with Crippen LogP contribution in [0.25, 0.3) is 0 Å². The third-order valence-corrected chi connectivity index (χ3v) is 6.64. The summed E-state index contributed by atoms with van der Waals surface area (Å²) in [6.45, 7) is 10.8. The highest BCUT2D eigenvalue weighted by molar-refractivity contribution is 5.64. The second kappa shape index (κ2) is 9.46. The molecule has 0 bridgehead atoms. The topological polar surface area (TPSA) is 79.5 Å². The lowest BCUT2D eigenvalue weighted by atomic mass is 10.0. The van der Waals surface area contributed by atoms with Crippen LogP contribution in [0.15, 0.2) is 36.4 Å². The monoisotopic (exact) mass is 434 g/mol. The van der Waals surface area contributed by atoms with Crippen LogP contribution in [0.3, 0.4) is 0 Å². The number of aromatic nitrogens is 2. The Morgan fingerprint density at radius 1 is 1.12 bits per heavy atom. The highest BCUT2D eigenvalue weighted by Crippen LogP contribution is 2.33. The lowest BCUT2D eigenvalue weighted by molar-refractivity contribution is 0.120. The Kier molecular flexibility index (Phi) is 6.28. The van der Waals surface area contributed by atoms with Crippen molar-refractivity contribution in [2.24, 2.45) is 0 Å². The molecule has 1 aromatic heterocycles. The second-order valence-electron chi connectivity index (χ2n) is 9.34. The largest absolute Gasteiger partial charge is 0.383 e. The maximum Gasteiger partial charge on any atom is 0.226 e. The summed E-state index contributed by atoms with van der Waals surface area (Å²) in [5.74, 6) is 2.04. The fourth-order valence-corrected chi connectivity index (χ4v) is 5.04. The quantitative estimate of drug-likeness (QED) is 0.647. The van der Waals surface area contributed by atoms with Gasteiger partial charge < -0.3 is 20.7 Å². The van der Waals surface area contributed by atoms with Gasteiger partial charge >= 0.3 is 0 Å². The van der Waals surface area contributed by atoms with E-state index in [9.17, 15) is 0 Å². The van der Waals surface area contributed by atoms with Crippen molar-refractivity contribution in [1.29, 1.82) is 0 Å². The molecule has 0 aliphatic carbocycles. The van der Waals surface area contributed by atoms with Crippen molar-refractivity contribution < 1.29 is 4.74 Å². The van der Waals surface area contributed by atoms with E-state index in [0.29, 0.717) is 18.3 Å². The Morgan fingerprint density at radius 2 is 1.94 bits per heavy atom. The average molecular weight is 435 g/mol. The third kappa shape index (κ3) is 4.89. The van der Waals surface area contributed by atoms with E-state index in [4.69, 9.17) is 15.5 Å². The van der Waals surface area contributed by atoms with Crippen LogP contribution in [0.2, 0.25) is 0 Å². The Balaban J connectivity index is 1.34. The maximum atomic E-state index is 6.36.